The first kappa shape index (κ1) is 14.5. The highest BCUT2D eigenvalue weighted by Gasteiger charge is 2.23. The van der Waals surface area contributed by atoms with Crippen LogP contribution in [-0.2, 0) is 4.74 Å². The Morgan fingerprint density at radius 3 is 1.89 bits per heavy atom. The zero-order valence-corrected chi connectivity index (χ0v) is 9.90. The summed E-state index contributed by atoms with van der Waals surface area (Å²) in [5, 5.41) is 0. The van der Waals surface area contributed by atoms with Gasteiger partial charge in [-0.05, 0) is 13.0 Å². The molecule has 0 radical (unpaired) electrons. The van der Waals surface area contributed by atoms with E-state index in [9.17, 15) is 17.6 Å². The fraction of sp³-hybridized carbons (Fsp3) is 0.333. The van der Waals surface area contributed by atoms with Crippen LogP contribution in [0.5, 0.6) is 5.75 Å². The monoisotopic (exact) mass is 264 g/mol. The predicted molar refractivity (Wildman–Crippen MR) is 57.5 cm³/mol. The zero-order chi connectivity index (χ0) is 13.7. The van der Waals surface area contributed by atoms with Gasteiger partial charge in [0.2, 0.25) is 11.6 Å². The van der Waals surface area contributed by atoms with Crippen molar-refractivity contribution in [1.29, 1.82) is 0 Å². The maximum Gasteiger partial charge on any atom is 0.204 e. The zero-order valence-electron chi connectivity index (χ0n) is 9.90. The van der Waals surface area contributed by atoms with Gasteiger partial charge in [0.05, 0.1) is 6.61 Å². The number of hydrogen-bond donors (Lipinski definition) is 0. The molecular formula is C12H12F4O2. The van der Waals surface area contributed by atoms with Crippen LogP contribution in [0.4, 0.5) is 17.6 Å². The lowest BCUT2D eigenvalue weighted by Crippen LogP contribution is -2.06. The molecule has 0 aliphatic carbocycles. The lowest BCUT2D eigenvalue weighted by Gasteiger charge is -2.09. The molecule has 0 aromatic heterocycles. The van der Waals surface area contributed by atoms with Gasteiger partial charge in [0.15, 0.2) is 17.4 Å². The molecule has 0 spiro atoms. The van der Waals surface area contributed by atoms with Crippen molar-refractivity contribution in [2.75, 3.05) is 20.3 Å². The van der Waals surface area contributed by atoms with Crippen molar-refractivity contribution in [3.8, 4) is 5.75 Å². The largest absolute Gasteiger partial charge is 0.483 e. The highest BCUT2D eigenvalue weighted by molar-refractivity contribution is 5.33. The summed E-state index contributed by atoms with van der Waals surface area (Å²) >= 11 is 0. The molecule has 6 heteroatoms. The number of methoxy groups -OCH3 is 1. The van der Waals surface area contributed by atoms with Crippen LogP contribution in [0.1, 0.15) is 5.56 Å². The molecule has 0 N–H and O–H groups in total. The highest BCUT2D eigenvalue weighted by Crippen LogP contribution is 2.29. The van der Waals surface area contributed by atoms with E-state index in [1.807, 2.05) is 0 Å². The molecule has 0 heterocycles. The van der Waals surface area contributed by atoms with Gasteiger partial charge in [-0.3, -0.25) is 0 Å². The second-order valence-corrected chi connectivity index (χ2v) is 3.45. The van der Waals surface area contributed by atoms with Gasteiger partial charge in [-0.1, -0.05) is 6.08 Å². The smallest absolute Gasteiger partial charge is 0.204 e. The van der Waals surface area contributed by atoms with Crippen molar-refractivity contribution in [1.82, 2.24) is 0 Å². The Morgan fingerprint density at radius 2 is 1.39 bits per heavy atom. The molecule has 1 aromatic carbocycles. The summed E-state index contributed by atoms with van der Waals surface area (Å²) in [7, 11) is 1.47. The summed E-state index contributed by atoms with van der Waals surface area (Å²) in [5.41, 5.74) is -0.715. The molecular weight excluding hydrogens is 252 g/mol. The lowest BCUT2D eigenvalue weighted by atomic mass is 10.2. The van der Waals surface area contributed by atoms with Crippen LogP contribution in [0.25, 0.3) is 0 Å². The van der Waals surface area contributed by atoms with Crippen LogP contribution in [0, 0.1) is 30.2 Å². The first-order chi connectivity index (χ1) is 8.50. The van der Waals surface area contributed by atoms with Crippen molar-refractivity contribution >= 4 is 0 Å². The first-order valence-corrected chi connectivity index (χ1v) is 5.10. The van der Waals surface area contributed by atoms with Crippen LogP contribution in [0.2, 0.25) is 0 Å². The molecule has 2 nitrogen and oxygen atoms in total. The Balaban J connectivity index is 2.89. The summed E-state index contributed by atoms with van der Waals surface area (Å²) in [4.78, 5) is 0. The van der Waals surface area contributed by atoms with Crippen LogP contribution in [0.15, 0.2) is 12.2 Å². The van der Waals surface area contributed by atoms with E-state index in [1.54, 1.807) is 0 Å². The van der Waals surface area contributed by atoms with Gasteiger partial charge < -0.3 is 9.47 Å². The molecule has 0 aliphatic heterocycles. The number of hydrogen-bond acceptors (Lipinski definition) is 2. The fourth-order valence-corrected chi connectivity index (χ4v) is 1.21. The maximum atomic E-state index is 13.3. The average molecular weight is 264 g/mol. The molecule has 1 rings (SSSR count). The molecule has 0 atom stereocenters. The Hall–Kier alpha value is -1.56. The van der Waals surface area contributed by atoms with E-state index in [1.165, 1.54) is 19.3 Å². The van der Waals surface area contributed by atoms with Gasteiger partial charge in [0.25, 0.3) is 0 Å². The maximum absolute atomic E-state index is 13.3. The Bertz CT molecular complexity index is 429. The van der Waals surface area contributed by atoms with Crippen molar-refractivity contribution in [2.24, 2.45) is 0 Å². The third-order valence-corrected chi connectivity index (χ3v) is 2.20. The highest BCUT2D eigenvalue weighted by atomic mass is 19.2. The van der Waals surface area contributed by atoms with E-state index in [0.29, 0.717) is 6.61 Å². The Morgan fingerprint density at radius 1 is 0.889 bits per heavy atom. The van der Waals surface area contributed by atoms with E-state index < -0.39 is 34.6 Å². The summed E-state index contributed by atoms with van der Waals surface area (Å²) in [6.07, 6.45) is 2.95. The van der Waals surface area contributed by atoms with E-state index in [-0.39, 0.29) is 6.61 Å². The van der Waals surface area contributed by atoms with Crippen molar-refractivity contribution < 1.29 is 27.0 Å². The third kappa shape index (κ3) is 3.01. The number of rotatable bonds is 5. The summed E-state index contributed by atoms with van der Waals surface area (Å²) < 4.78 is 62.3. The summed E-state index contributed by atoms with van der Waals surface area (Å²) in [6.45, 7) is 1.02. The number of benzene rings is 1. The molecule has 100 valence electrons. The summed E-state index contributed by atoms with van der Waals surface area (Å²) in [5.74, 6) is -7.04. The summed E-state index contributed by atoms with van der Waals surface area (Å²) in [6, 6.07) is 0. The predicted octanol–water partition coefficient (Wildman–Crippen LogP) is 3.13. The molecule has 0 fully saturated rings. The normalized spacial score (nSPS) is 11.2. The minimum Gasteiger partial charge on any atom is -0.483 e. The molecule has 0 saturated heterocycles. The third-order valence-electron chi connectivity index (χ3n) is 2.20. The Kier molecular flexibility index (Phi) is 5.15. The van der Waals surface area contributed by atoms with Crippen LogP contribution in [-0.4, -0.2) is 20.3 Å². The van der Waals surface area contributed by atoms with Crippen molar-refractivity contribution in [3.63, 3.8) is 0 Å². The number of halogens is 4. The van der Waals surface area contributed by atoms with Gasteiger partial charge in [-0.15, -0.1) is 0 Å². The van der Waals surface area contributed by atoms with E-state index >= 15 is 0 Å². The molecule has 1 aromatic rings. The minimum atomic E-state index is -1.54. The topological polar surface area (TPSA) is 18.5 Å². The van der Waals surface area contributed by atoms with Gasteiger partial charge in [0, 0.05) is 12.7 Å². The van der Waals surface area contributed by atoms with E-state index in [2.05, 4.69) is 9.47 Å². The Labute approximate surface area is 102 Å². The van der Waals surface area contributed by atoms with Gasteiger partial charge in [-0.2, -0.15) is 8.78 Å². The van der Waals surface area contributed by atoms with Crippen LogP contribution in [0.3, 0.4) is 0 Å². The second kappa shape index (κ2) is 6.39. The molecule has 0 saturated carbocycles. The fourth-order valence-electron chi connectivity index (χ4n) is 1.21. The standard InChI is InChI=1S/C12H12F4O2/c1-7-8(13)10(15)12(11(16)9(7)14)18-6-4-3-5-17-2/h3-4H,5-6H2,1-2H3/b4-3+. The molecule has 0 bridgehead atoms. The van der Waals surface area contributed by atoms with E-state index in [4.69, 9.17) is 0 Å². The van der Waals surface area contributed by atoms with Crippen molar-refractivity contribution in [3.05, 3.63) is 41.0 Å². The lowest BCUT2D eigenvalue weighted by molar-refractivity contribution is 0.232. The first-order valence-electron chi connectivity index (χ1n) is 5.10. The van der Waals surface area contributed by atoms with Gasteiger partial charge in [0.1, 0.15) is 6.61 Å². The SMILES string of the molecule is COC/C=C/COc1c(F)c(F)c(C)c(F)c1F. The quantitative estimate of drug-likeness (QED) is 0.462. The van der Waals surface area contributed by atoms with Crippen molar-refractivity contribution in [2.45, 2.75) is 6.92 Å². The van der Waals surface area contributed by atoms with Crippen LogP contribution < -0.4 is 4.74 Å². The van der Waals surface area contributed by atoms with Gasteiger partial charge >= 0.3 is 0 Å². The molecule has 0 unspecified atom stereocenters. The average Bonchev–Trinajstić information content (AvgIpc) is 2.37. The molecule has 0 aliphatic rings. The van der Waals surface area contributed by atoms with E-state index in [0.717, 1.165) is 6.92 Å². The second-order valence-electron chi connectivity index (χ2n) is 3.45. The minimum absolute atomic E-state index is 0.223. The van der Waals surface area contributed by atoms with Crippen LogP contribution >= 0.6 is 0 Å². The molecule has 0 amide bonds. The van der Waals surface area contributed by atoms with Gasteiger partial charge in [-0.25, -0.2) is 8.78 Å². The molecule has 18 heavy (non-hydrogen) atoms. The number of ether oxygens (including phenoxy) is 2.